The summed E-state index contributed by atoms with van der Waals surface area (Å²) in [5.41, 5.74) is -1.65. The van der Waals surface area contributed by atoms with Gasteiger partial charge in [0.05, 0.1) is 16.3 Å². The molecule has 1 heterocycles. The Morgan fingerprint density at radius 3 is 2.44 bits per heavy atom. The van der Waals surface area contributed by atoms with E-state index in [2.05, 4.69) is 20.9 Å². The summed E-state index contributed by atoms with van der Waals surface area (Å²) in [6.45, 7) is -0.583. The number of halogens is 5. The number of pyridine rings is 1. The monoisotopic (exact) mass is 498 g/mol. The number of benzene rings is 2. The fourth-order valence-corrected chi connectivity index (χ4v) is 2.89. The van der Waals surface area contributed by atoms with Gasteiger partial charge in [-0.05, 0) is 36.4 Å². The normalized spacial score (nSPS) is 11.0. The number of aromatic nitrogens is 1. The van der Waals surface area contributed by atoms with E-state index in [1.165, 1.54) is 30.5 Å². The van der Waals surface area contributed by atoms with Crippen molar-refractivity contribution in [1.29, 1.82) is 0 Å². The summed E-state index contributed by atoms with van der Waals surface area (Å²) in [7, 11) is 0. The van der Waals surface area contributed by atoms with Gasteiger partial charge in [0, 0.05) is 24.0 Å². The van der Waals surface area contributed by atoms with E-state index in [0.717, 1.165) is 18.2 Å². The Morgan fingerprint density at radius 2 is 1.76 bits per heavy atom. The largest absolute Gasteiger partial charge is 0.457 e. The minimum atomic E-state index is -4.72. The summed E-state index contributed by atoms with van der Waals surface area (Å²) in [6, 6.07) is 7.92. The van der Waals surface area contributed by atoms with Crippen molar-refractivity contribution >= 4 is 34.9 Å². The number of aliphatic hydroxyl groups excluding tert-OH is 1. The third-order valence-electron chi connectivity index (χ3n) is 4.16. The molecule has 3 amide bonds. The van der Waals surface area contributed by atoms with Crippen molar-refractivity contribution in [2.45, 2.75) is 6.18 Å². The summed E-state index contributed by atoms with van der Waals surface area (Å²) in [5.74, 6) is -1.37. The molecule has 0 unspecified atom stereocenters. The molecule has 2 aromatic carbocycles. The van der Waals surface area contributed by atoms with Gasteiger partial charge in [0.1, 0.15) is 29.7 Å². The van der Waals surface area contributed by atoms with E-state index in [0.29, 0.717) is 6.07 Å². The van der Waals surface area contributed by atoms with Crippen LogP contribution in [0.4, 0.5) is 33.7 Å². The Bertz CT molecular complexity index is 1220. The van der Waals surface area contributed by atoms with Gasteiger partial charge in [0.2, 0.25) is 0 Å². The number of amides is 3. The molecule has 0 spiro atoms. The molecule has 0 aliphatic heterocycles. The molecule has 3 aromatic rings. The number of ether oxygens (including phenoxy) is 1. The van der Waals surface area contributed by atoms with Crippen LogP contribution in [0.15, 0.2) is 54.7 Å². The molecule has 3 rings (SSSR count). The van der Waals surface area contributed by atoms with Crippen LogP contribution in [0.5, 0.6) is 11.5 Å². The predicted octanol–water partition coefficient (Wildman–Crippen LogP) is 5.01. The van der Waals surface area contributed by atoms with Crippen molar-refractivity contribution < 1.29 is 37.0 Å². The van der Waals surface area contributed by atoms with Crippen LogP contribution in [0.25, 0.3) is 0 Å². The number of nitrogens with zero attached hydrogens (tertiary/aromatic N) is 1. The molecule has 0 saturated heterocycles. The summed E-state index contributed by atoms with van der Waals surface area (Å²) in [5, 5.41) is 14.7. The Kier molecular flexibility index (Phi) is 7.54. The second kappa shape index (κ2) is 10.4. The van der Waals surface area contributed by atoms with Gasteiger partial charge in [0.15, 0.2) is 0 Å². The number of hydrogen-bond acceptors (Lipinski definition) is 5. The SMILES string of the molecule is O=C(Nc1ccc(Cl)c(C(F)(F)F)c1)Nc1ccc(Oc2ccnc(C(=O)NCO)c2)cc1F. The van der Waals surface area contributed by atoms with E-state index >= 15 is 0 Å². The lowest BCUT2D eigenvalue weighted by atomic mass is 10.2. The minimum Gasteiger partial charge on any atom is -0.457 e. The highest BCUT2D eigenvalue weighted by atomic mass is 35.5. The number of nitrogens with one attached hydrogen (secondary N) is 3. The summed E-state index contributed by atoms with van der Waals surface area (Å²) in [4.78, 5) is 27.6. The zero-order valence-electron chi connectivity index (χ0n) is 16.9. The van der Waals surface area contributed by atoms with Gasteiger partial charge in [0.25, 0.3) is 5.91 Å². The van der Waals surface area contributed by atoms with E-state index in [9.17, 15) is 27.2 Å². The molecule has 0 atom stereocenters. The number of carbonyl (C=O) groups is 2. The Balaban J connectivity index is 1.67. The van der Waals surface area contributed by atoms with Crippen LogP contribution >= 0.6 is 11.6 Å². The lowest BCUT2D eigenvalue weighted by Gasteiger charge is -2.13. The molecule has 8 nitrogen and oxygen atoms in total. The molecule has 1 aromatic heterocycles. The van der Waals surface area contributed by atoms with Gasteiger partial charge in [-0.15, -0.1) is 0 Å². The maximum absolute atomic E-state index is 14.4. The van der Waals surface area contributed by atoms with E-state index < -0.39 is 41.2 Å². The second-order valence-electron chi connectivity index (χ2n) is 6.56. The Labute approximate surface area is 194 Å². The molecule has 0 aliphatic carbocycles. The second-order valence-corrected chi connectivity index (χ2v) is 6.96. The maximum atomic E-state index is 14.4. The summed E-state index contributed by atoms with van der Waals surface area (Å²) in [6.07, 6.45) is -3.44. The lowest BCUT2D eigenvalue weighted by Crippen LogP contribution is -2.24. The van der Waals surface area contributed by atoms with Crippen molar-refractivity contribution in [2.24, 2.45) is 0 Å². The molecular weight excluding hydrogens is 484 g/mol. The maximum Gasteiger partial charge on any atom is 0.417 e. The standard InChI is InChI=1S/C21H15ClF4N4O4/c22-15-3-1-11(7-14(15)21(24,25)26)29-20(33)30-17-4-2-12(8-16(17)23)34-13-5-6-27-18(9-13)19(32)28-10-31/h1-9,31H,10H2,(H,28,32)(H2,29,30,33). The zero-order chi connectivity index (χ0) is 24.9. The average molecular weight is 499 g/mol. The molecular formula is C21H15ClF4N4O4. The number of carbonyl (C=O) groups excluding carboxylic acids is 2. The van der Waals surface area contributed by atoms with E-state index in [1.807, 2.05) is 0 Å². The summed E-state index contributed by atoms with van der Waals surface area (Å²) < 4.78 is 58.8. The molecule has 0 saturated carbocycles. The first-order chi connectivity index (χ1) is 16.1. The van der Waals surface area contributed by atoms with Gasteiger partial charge >= 0.3 is 12.2 Å². The first-order valence-electron chi connectivity index (χ1n) is 9.34. The van der Waals surface area contributed by atoms with E-state index in [-0.39, 0.29) is 28.6 Å². The highest BCUT2D eigenvalue weighted by molar-refractivity contribution is 6.31. The lowest BCUT2D eigenvalue weighted by molar-refractivity contribution is -0.137. The van der Waals surface area contributed by atoms with Crippen LogP contribution in [0, 0.1) is 5.82 Å². The minimum absolute atomic E-state index is 0.0238. The summed E-state index contributed by atoms with van der Waals surface area (Å²) >= 11 is 5.54. The van der Waals surface area contributed by atoms with Gasteiger partial charge in [-0.1, -0.05) is 11.6 Å². The van der Waals surface area contributed by atoms with Crippen molar-refractivity contribution in [2.75, 3.05) is 17.4 Å². The van der Waals surface area contributed by atoms with Crippen LogP contribution in [0.1, 0.15) is 16.1 Å². The van der Waals surface area contributed by atoms with Crippen LogP contribution in [-0.2, 0) is 6.18 Å². The molecule has 0 aliphatic rings. The van der Waals surface area contributed by atoms with E-state index in [4.69, 9.17) is 21.4 Å². The fraction of sp³-hybridized carbons (Fsp3) is 0.0952. The third kappa shape index (κ3) is 6.33. The Hall–Kier alpha value is -3.90. The van der Waals surface area contributed by atoms with Gasteiger partial charge in [-0.3, -0.25) is 9.78 Å². The first kappa shape index (κ1) is 24.7. The van der Waals surface area contributed by atoms with Gasteiger partial charge in [-0.25, -0.2) is 9.18 Å². The number of hydrogen-bond donors (Lipinski definition) is 4. The van der Waals surface area contributed by atoms with Crippen LogP contribution < -0.4 is 20.7 Å². The van der Waals surface area contributed by atoms with Crippen LogP contribution in [-0.4, -0.2) is 28.8 Å². The quantitative estimate of drug-likeness (QED) is 0.282. The van der Waals surface area contributed by atoms with E-state index in [1.54, 1.807) is 0 Å². The molecule has 13 heteroatoms. The van der Waals surface area contributed by atoms with Gasteiger partial charge in [-0.2, -0.15) is 13.2 Å². The molecule has 0 fully saturated rings. The number of rotatable bonds is 6. The van der Waals surface area contributed by atoms with Crippen LogP contribution in [0.2, 0.25) is 5.02 Å². The zero-order valence-corrected chi connectivity index (χ0v) is 17.7. The molecule has 34 heavy (non-hydrogen) atoms. The van der Waals surface area contributed by atoms with Crippen molar-refractivity contribution in [3.63, 3.8) is 0 Å². The highest BCUT2D eigenvalue weighted by Gasteiger charge is 2.33. The number of anilines is 2. The van der Waals surface area contributed by atoms with Crippen molar-refractivity contribution in [3.8, 4) is 11.5 Å². The molecule has 0 bridgehead atoms. The van der Waals surface area contributed by atoms with Crippen molar-refractivity contribution in [1.82, 2.24) is 10.3 Å². The van der Waals surface area contributed by atoms with Gasteiger partial charge < -0.3 is 25.8 Å². The fourth-order valence-electron chi connectivity index (χ4n) is 2.66. The smallest absolute Gasteiger partial charge is 0.417 e. The molecule has 178 valence electrons. The Morgan fingerprint density at radius 1 is 1.03 bits per heavy atom. The first-order valence-corrected chi connectivity index (χ1v) is 9.72. The van der Waals surface area contributed by atoms with Crippen molar-refractivity contribution in [3.05, 3.63) is 76.8 Å². The topological polar surface area (TPSA) is 113 Å². The number of urea groups is 1. The number of aliphatic hydroxyl groups is 1. The molecule has 4 N–H and O–H groups in total. The average Bonchev–Trinajstić information content (AvgIpc) is 2.76. The van der Waals surface area contributed by atoms with Crippen LogP contribution in [0.3, 0.4) is 0 Å². The predicted molar refractivity (Wildman–Crippen MR) is 114 cm³/mol. The highest BCUT2D eigenvalue weighted by Crippen LogP contribution is 2.36. The number of alkyl halides is 3. The third-order valence-corrected chi connectivity index (χ3v) is 4.49. The molecule has 0 radical (unpaired) electrons.